The Bertz CT molecular complexity index is 308. The van der Waals surface area contributed by atoms with Crippen LogP contribution in [0.15, 0.2) is 0 Å². The van der Waals surface area contributed by atoms with Gasteiger partial charge >= 0.3 is 0 Å². The van der Waals surface area contributed by atoms with Gasteiger partial charge < -0.3 is 9.53 Å². The first-order valence-corrected chi connectivity index (χ1v) is 13.9. The van der Waals surface area contributed by atoms with E-state index in [-0.39, 0.29) is 6.10 Å². The molecule has 0 aromatic rings. The second kappa shape index (κ2) is 13.3. The van der Waals surface area contributed by atoms with Crippen LogP contribution in [0.4, 0.5) is 0 Å². The Labute approximate surface area is 160 Å². The summed E-state index contributed by atoms with van der Waals surface area (Å²) in [7, 11) is -1.65. The lowest BCUT2D eigenvalue weighted by molar-refractivity contribution is 0.154. The standard InChI is InChI=1S/C22H48O2Si/c1-8-9-14-18-21(24-25(6,7)22(3,4)5)19-16-13-11-10-12-15-17-20(2)23/h20-21,23H,8-19H2,1-7H3/t20-,21-/m0/s1. The van der Waals surface area contributed by atoms with E-state index in [2.05, 4.69) is 40.8 Å². The van der Waals surface area contributed by atoms with Crippen molar-refractivity contribution >= 4 is 8.32 Å². The molecule has 2 atom stereocenters. The molecule has 0 heterocycles. The summed E-state index contributed by atoms with van der Waals surface area (Å²) in [6, 6.07) is 0. The molecule has 1 N–H and O–H groups in total. The summed E-state index contributed by atoms with van der Waals surface area (Å²) in [5, 5.41) is 9.59. The number of aliphatic hydroxyl groups is 1. The molecule has 0 aliphatic carbocycles. The highest BCUT2D eigenvalue weighted by Crippen LogP contribution is 2.38. The molecule has 0 radical (unpaired) electrons. The van der Waals surface area contributed by atoms with Crippen molar-refractivity contribution in [3.05, 3.63) is 0 Å². The van der Waals surface area contributed by atoms with Crippen molar-refractivity contribution in [1.29, 1.82) is 0 Å². The minimum Gasteiger partial charge on any atom is -0.414 e. The van der Waals surface area contributed by atoms with Crippen molar-refractivity contribution in [1.82, 2.24) is 0 Å². The molecular formula is C22H48O2Si. The van der Waals surface area contributed by atoms with Crippen molar-refractivity contribution in [2.45, 2.75) is 142 Å². The summed E-state index contributed by atoms with van der Waals surface area (Å²) in [5.41, 5.74) is 0. The van der Waals surface area contributed by atoms with Crippen molar-refractivity contribution < 1.29 is 9.53 Å². The zero-order valence-electron chi connectivity index (χ0n) is 18.5. The Morgan fingerprint density at radius 1 is 0.800 bits per heavy atom. The molecule has 25 heavy (non-hydrogen) atoms. The quantitative estimate of drug-likeness (QED) is 0.239. The highest BCUT2D eigenvalue weighted by molar-refractivity contribution is 6.74. The molecule has 0 aliphatic heterocycles. The molecule has 0 unspecified atom stereocenters. The van der Waals surface area contributed by atoms with Crippen LogP contribution >= 0.6 is 0 Å². The summed E-state index contributed by atoms with van der Waals surface area (Å²) >= 11 is 0. The van der Waals surface area contributed by atoms with Crippen LogP contribution < -0.4 is 0 Å². The lowest BCUT2D eigenvalue weighted by Gasteiger charge is -2.39. The highest BCUT2D eigenvalue weighted by Gasteiger charge is 2.38. The summed E-state index contributed by atoms with van der Waals surface area (Å²) < 4.78 is 6.73. The first-order valence-electron chi connectivity index (χ1n) is 11.0. The number of aliphatic hydroxyl groups excluding tert-OH is 1. The predicted octanol–water partition coefficient (Wildman–Crippen LogP) is 7.46. The van der Waals surface area contributed by atoms with Gasteiger partial charge in [-0.05, 0) is 44.3 Å². The second-order valence-electron chi connectivity index (χ2n) is 9.54. The van der Waals surface area contributed by atoms with E-state index in [1.54, 1.807) is 0 Å². The van der Waals surface area contributed by atoms with Gasteiger partial charge in [0.05, 0.1) is 6.10 Å². The van der Waals surface area contributed by atoms with E-state index >= 15 is 0 Å². The molecule has 0 saturated heterocycles. The van der Waals surface area contributed by atoms with E-state index in [4.69, 9.17) is 4.43 Å². The fourth-order valence-corrected chi connectivity index (χ4v) is 4.42. The topological polar surface area (TPSA) is 29.5 Å². The number of unbranched alkanes of at least 4 members (excludes halogenated alkanes) is 7. The maximum Gasteiger partial charge on any atom is 0.192 e. The van der Waals surface area contributed by atoms with Gasteiger partial charge in [0.15, 0.2) is 8.32 Å². The maximum absolute atomic E-state index is 9.28. The average molecular weight is 373 g/mol. The molecule has 2 nitrogen and oxygen atoms in total. The SMILES string of the molecule is CCCCC[C@@H](CCCCCCCC[C@H](C)O)O[Si](C)(C)C(C)(C)C. The molecular weight excluding hydrogens is 324 g/mol. The van der Waals surface area contributed by atoms with E-state index in [1.807, 2.05) is 6.92 Å². The Kier molecular flexibility index (Phi) is 13.4. The molecule has 0 bridgehead atoms. The predicted molar refractivity (Wildman–Crippen MR) is 115 cm³/mol. The molecule has 0 spiro atoms. The lowest BCUT2D eigenvalue weighted by Crippen LogP contribution is -2.44. The van der Waals surface area contributed by atoms with E-state index < -0.39 is 8.32 Å². The summed E-state index contributed by atoms with van der Waals surface area (Å²) in [4.78, 5) is 0. The van der Waals surface area contributed by atoms with E-state index in [1.165, 1.54) is 70.6 Å². The third-order valence-electron chi connectivity index (χ3n) is 5.80. The van der Waals surface area contributed by atoms with Crippen molar-refractivity contribution in [2.24, 2.45) is 0 Å². The second-order valence-corrected chi connectivity index (χ2v) is 14.3. The first kappa shape index (κ1) is 25.1. The van der Waals surface area contributed by atoms with Crippen LogP contribution in [0.2, 0.25) is 18.1 Å². The van der Waals surface area contributed by atoms with Crippen molar-refractivity contribution in [3.8, 4) is 0 Å². The van der Waals surface area contributed by atoms with Crippen molar-refractivity contribution in [2.75, 3.05) is 0 Å². The Balaban J connectivity index is 4.11. The van der Waals surface area contributed by atoms with Crippen LogP contribution in [0.3, 0.4) is 0 Å². The van der Waals surface area contributed by atoms with E-state index in [0.29, 0.717) is 11.1 Å². The van der Waals surface area contributed by atoms with Gasteiger partial charge in [-0.2, -0.15) is 0 Å². The van der Waals surface area contributed by atoms with Crippen LogP contribution in [0.5, 0.6) is 0 Å². The van der Waals surface area contributed by atoms with Gasteiger partial charge in [-0.25, -0.2) is 0 Å². The zero-order chi connectivity index (χ0) is 19.3. The first-order chi connectivity index (χ1) is 11.6. The van der Waals surface area contributed by atoms with Crippen molar-refractivity contribution in [3.63, 3.8) is 0 Å². The van der Waals surface area contributed by atoms with Gasteiger partial charge in [0.25, 0.3) is 0 Å². The highest BCUT2D eigenvalue weighted by atomic mass is 28.4. The van der Waals surface area contributed by atoms with Crippen LogP contribution in [0.1, 0.15) is 112 Å². The van der Waals surface area contributed by atoms with Gasteiger partial charge in [-0.3, -0.25) is 0 Å². The summed E-state index contributed by atoms with van der Waals surface area (Å²) in [6.45, 7) is 16.0. The largest absolute Gasteiger partial charge is 0.414 e. The van der Waals surface area contributed by atoms with Crippen LogP contribution in [0.25, 0.3) is 0 Å². The Hall–Kier alpha value is 0.137. The van der Waals surface area contributed by atoms with Crippen LogP contribution in [-0.2, 0) is 4.43 Å². The molecule has 0 aromatic carbocycles. The van der Waals surface area contributed by atoms with Crippen LogP contribution in [-0.4, -0.2) is 25.6 Å². The van der Waals surface area contributed by atoms with Gasteiger partial charge in [-0.15, -0.1) is 0 Å². The molecule has 0 fully saturated rings. The minimum absolute atomic E-state index is 0.128. The summed E-state index contributed by atoms with van der Waals surface area (Å²) in [6.07, 6.45) is 15.5. The van der Waals surface area contributed by atoms with Crippen LogP contribution in [0, 0.1) is 0 Å². The van der Waals surface area contributed by atoms with Gasteiger partial charge in [0, 0.05) is 6.10 Å². The third kappa shape index (κ3) is 13.0. The number of hydrogen-bond donors (Lipinski definition) is 1. The monoisotopic (exact) mass is 372 g/mol. The van der Waals surface area contributed by atoms with Gasteiger partial charge in [-0.1, -0.05) is 85.5 Å². The molecule has 152 valence electrons. The number of rotatable bonds is 15. The smallest absolute Gasteiger partial charge is 0.192 e. The zero-order valence-corrected chi connectivity index (χ0v) is 19.5. The molecule has 0 aromatic heterocycles. The number of hydrogen-bond acceptors (Lipinski definition) is 2. The lowest BCUT2D eigenvalue weighted by atomic mass is 10.0. The summed E-state index contributed by atoms with van der Waals surface area (Å²) in [5.74, 6) is 0. The van der Waals surface area contributed by atoms with Gasteiger partial charge in [0.2, 0.25) is 0 Å². The molecule has 0 aliphatic rings. The fraction of sp³-hybridized carbons (Fsp3) is 1.00. The maximum atomic E-state index is 9.28. The Morgan fingerprint density at radius 2 is 1.24 bits per heavy atom. The molecule has 0 amide bonds. The Morgan fingerprint density at radius 3 is 1.68 bits per heavy atom. The normalized spacial score (nSPS) is 15.4. The fourth-order valence-electron chi connectivity index (χ4n) is 3.00. The van der Waals surface area contributed by atoms with E-state index in [9.17, 15) is 5.11 Å². The molecule has 3 heteroatoms. The minimum atomic E-state index is -1.65. The third-order valence-corrected chi connectivity index (χ3v) is 10.3. The average Bonchev–Trinajstić information content (AvgIpc) is 2.48. The van der Waals surface area contributed by atoms with Gasteiger partial charge in [0.1, 0.15) is 0 Å². The molecule has 0 rings (SSSR count). The molecule has 0 saturated carbocycles. The van der Waals surface area contributed by atoms with E-state index in [0.717, 1.165) is 6.42 Å².